The highest BCUT2D eigenvalue weighted by atomic mass is 19.4. The topological polar surface area (TPSA) is 56.7 Å². The van der Waals surface area contributed by atoms with Crippen molar-refractivity contribution in [1.82, 2.24) is 15.5 Å². The highest BCUT2D eigenvalue weighted by molar-refractivity contribution is 5.84. The van der Waals surface area contributed by atoms with Gasteiger partial charge in [0.05, 0.1) is 5.56 Å². The quantitative estimate of drug-likeness (QED) is 0.572. The second-order valence-corrected chi connectivity index (χ2v) is 6.22. The van der Waals surface area contributed by atoms with E-state index in [1.54, 1.807) is 20.2 Å². The fraction of sp³-hybridized carbons (Fsp3) is 0.556. The molecule has 1 aromatic carbocycles. The molecule has 1 rings (SSSR count). The molecule has 0 radical (unpaired) electrons. The van der Waals surface area contributed by atoms with Gasteiger partial charge in [0, 0.05) is 27.2 Å². The van der Waals surface area contributed by atoms with Gasteiger partial charge in [0.2, 0.25) is 5.91 Å². The number of rotatable bonds is 7. The smallest absolute Gasteiger partial charge is 0.357 e. The van der Waals surface area contributed by atoms with Crippen LogP contribution >= 0.6 is 0 Å². The molecule has 1 amide bonds. The van der Waals surface area contributed by atoms with Crippen LogP contribution in [0.25, 0.3) is 0 Å². The number of nitrogens with one attached hydrogen (secondary N) is 2. The van der Waals surface area contributed by atoms with Crippen LogP contribution in [0.3, 0.4) is 0 Å². The summed E-state index contributed by atoms with van der Waals surface area (Å²) in [5, 5.41) is 6.15. The summed E-state index contributed by atoms with van der Waals surface area (Å²) in [5.41, 5.74) is 0.0123. The number of carbonyl (C=O) groups is 1. The first kappa shape index (κ1) is 21.8. The van der Waals surface area contributed by atoms with Gasteiger partial charge in [-0.3, -0.25) is 4.79 Å². The number of alkyl halides is 3. The minimum atomic E-state index is -4.34. The van der Waals surface area contributed by atoms with E-state index in [1.807, 2.05) is 13.8 Å². The molecule has 5 nitrogen and oxygen atoms in total. The summed E-state index contributed by atoms with van der Waals surface area (Å²) < 4.78 is 38.4. The molecular weight excluding hydrogens is 345 g/mol. The van der Waals surface area contributed by atoms with Crippen LogP contribution in [-0.4, -0.2) is 50.5 Å². The minimum Gasteiger partial charge on any atom is -0.357 e. The lowest BCUT2D eigenvalue weighted by atomic mass is 9.96. The van der Waals surface area contributed by atoms with Crippen molar-refractivity contribution in [3.05, 3.63) is 35.4 Å². The first-order chi connectivity index (χ1) is 12.1. The van der Waals surface area contributed by atoms with Crippen molar-refractivity contribution in [3.8, 4) is 0 Å². The molecule has 146 valence electrons. The van der Waals surface area contributed by atoms with E-state index in [0.717, 1.165) is 6.07 Å². The molecular formula is C18H27F3N4O. The molecule has 1 aromatic rings. The lowest BCUT2D eigenvalue weighted by Crippen LogP contribution is -2.39. The molecule has 0 aliphatic carbocycles. The van der Waals surface area contributed by atoms with Gasteiger partial charge in [-0.1, -0.05) is 25.1 Å². The van der Waals surface area contributed by atoms with Gasteiger partial charge in [-0.2, -0.15) is 13.2 Å². The average Bonchev–Trinajstić information content (AvgIpc) is 2.58. The lowest BCUT2D eigenvalue weighted by molar-refractivity contribution is -0.137. The fourth-order valence-corrected chi connectivity index (χ4v) is 2.23. The van der Waals surface area contributed by atoms with Crippen LogP contribution in [0.2, 0.25) is 0 Å². The molecule has 0 saturated heterocycles. The standard InChI is InChI=1S/C18H27F3N4O/c1-5-22-17(24-12-16(26)25(3)4)23-10-9-13(2)14-7-6-8-15(11-14)18(19,20)21/h6-8,11,13H,5,9-10,12H2,1-4H3,(H2,22,23,24). The molecule has 8 heteroatoms. The monoisotopic (exact) mass is 372 g/mol. The third-order valence-corrected chi connectivity index (χ3v) is 3.87. The van der Waals surface area contributed by atoms with Crippen LogP contribution in [0.4, 0.5) is 13.2 Å². The van der Waals surface area contributed by atoms with E-state index in [-0.39, 0.29) is 18.4 Å². The molecule has 0 saturated carbocycles. The minimum absolute atomic E-state index is 0.0332. The van der Waals surface area contributed by atoms with Gasteiger partial charge in [0.15, 0.2) is 5.96 Å². The Morgan fingerprint density at radius 1 is 1.27 bits per heavy atom. The Bertz CT molecular complexity index is 615. The highest BCUT2D eigenvalue weighted by Gasteiger charge is 2.30. The van der Waals surface area contributed by atoms with Crippen molar-refractivity contribution in [1.29, 1.82) is 0 Å². The van der Waals surface area contributed by atoms with E-state index < -0.39 is 11.7 Å². The van der Waals surface area contributed by atoms with Crippen LogP contribution in [0.5, 0.6) is 0 Å². The molecule has 1 unspecified atom stereocenters. The highest BCUT2D eigenvalue weighted by Crippen LogP contribution is 2.31. The summed E-state index contributed by atoms with van der Waals surface area (Å²) in [4.78, 5) is 17.3. The molecule has 2 N–H and O–H groups in total. The summed E-state index contributed by atoms with van der Waals surface area (Å²) in [6.45, 7) is 5.00. The molecule has 1 atom stereocenters. The summed E-state index contributed by atoms with van der Waals surface area (Å²) in [5.74, 6) is 0.356. The predicted octanol–water partition coefficient (Wildman–Crippen LogP) is 2.84. The Morgan fingerprint density at radius 2 is 1.96 bits per heavy atom. The summed E-state index contributed by atoms with van der Waals surface area (Å²) >= 11 is 0. The maximum atomic E-state index is 12.8. The predicted molar refractivity (Wildman–Crippen MR) is 97.2 cm³/mol. The summed E-state index contributed by atoms with van der Waals surface area (Å²) in [6.07, 6.45) is -3.70. The molecule has 0 bridgehead atoms. The van der Waals surface area contributed by atoms with Crippen molar-refractivity contribution >= 4 is 11.9 Å². The number of guanidine groups is 1. The van der Waals surface area contributed by atoms with Gasteiger partial charge in [0.25, 0.3) is 0 Å². The summed E-state index contributed by atoms with van der Waals surface area (Å²) in [6, 6.07) is 5.40. The van der Waals surface area contributed by atoms with E-state index in [1.165, 1.54) is 17.0 Å². The number of halogens is 3. The lowest BCUT2D eigenvalue weighted by Gasteiger charge is -2.16. The zero-order valence-electron chi connectivity index (χ0n) is 15.7. The van der Waals surface area contributed by atoms with E-state index in [0.29, 0.717) is 31.0 Å². The molecule has 26 heavy (non-hydrogen) atoms. The van der Waals surface area contributed by atoms with Crippen molar-refractivity contribution in [2.75, 3.05) is 33.7 Å². The third-order valence-electron chi connectivity index (χ3n) is 3.87. The number of hydrogen-bond donors (Lipinski definition) is 2. The van der Waals surface area contributed by atoms with E-state index in [4.69, 9.17) is 0 Å². The molecule has 0 aromatic heterocycles. The fourth-order valence-electron chi connectivity index (χ4n) is 2.23. The van der Waals surface area contributed by atoms with Crippen molar-refractivity contribution in [3.63, 3.8) is 0 Å². The Hall–Kier alpha value is -2.25. The van der Waals surface area contributed by atoms with Crippen LogP contribution in [0.15, 0.2) is 29.3 Å². The van der Waals surface area contributed by atoms with Crippen molar-refractivity contribution < 1.29 is 18.0 Å². The van der Waals surface area contributed by atoms with Crippen LogP contribution in [0.1, 0.15) is 37.3 Å². The molecule has 0 fully saturated rings. The first-order valence-corrected chi connectivity index (χ1v) is 8.54. The average molecular weight is 372 g/mol. The van der Waals surface area contributed by atoms with E-state index >= 15 is 0 Å². The van der Waals surface area contributed by atoms with Gasteiger partial charge < -0.3 is 15.5 Å². The van der Waals surface area contributed by atoms with Gasteiger partial charge in [-0.05, 0) is 30.9 Å². The normalized spacial score (nSPS) is 13.3. The largest absolute Gasteiger partial charge is 0.416 e. The maximum Gasteiger partial charge on any atom is 0.416 e. The summed E-state index contributed by atoms with van der Waals surface area (Å²) in [7, 11) is 3.32. The Kier molecular flexibility index (Phi) is 8.41. The number of likely N-dealkylation sites (N-methyl/N-ethyl adjacent to an activating group) is 1. The maximum absolute atomic E-state index is 12.8. The SMILES string of the molecule is CCNC(=NCC(=O)N(C)C)NCCC(C)c1cccc(C(F)(F)F)c1. The Morgan fingerprint density at radius 3 is 2.54 bits per heavy atom. The number of hydrogen-bond acceptors (Lipinski definition) is 2. The van der Waals surface area contributed by atoms with Crippen molar-refractivity contribution in [2.24, 2.45) is 4.99 Å². The van der Waals surface area contributed by atoms with Gasteiger partial charge >= 0.3 is 6.18 Å². The Balaban J connectivity index is 2.61. The second kappa shape index (κ2) is 10.0. The molecule has 0 aliphatic heterocycles. The molecule has 0 heterocycles. The number of carbonyl (C=O) groups excluding carboxylic acids is 1. The number of benzene rings is 1. The van der Waals surface area contributed by atoms with Crippen LogP contribution < -0.4 is 10.6 Å². The van der Waals surface area contributed by atoms with Gasteiger partial charge in [0.1, 0.15) is 6.54 Å². The number of nitrogens with zero attached hydrogens (tertiary/aromatic N) is 2. The van der Waals surface area contributed by atoms with Gasteiger partial charge in [-0.15, -0.1) is 0 Å². The number of aliphatic imine (C=N–C) groups is 1. The molecule has 0 spiro atoms. The third kappa shape index (κ3) is 7.33. The second-order valence-electron chi connectivity index (χ2n) is 6.22. The first-order valence-electron chi connectivity index (χ1n) is 8.54. The zero-order chi connectivity index (χ0) is 19.7. The van der Waals surface area contributed by atoms with E-state index in [9.17, 15) is 18.0 Å². The van der Waals surface area contributed by atoms with Crippen molar-refractivity contribution in [2.45, 2.75) is 32.4 Å². The Labute approximate surface area is 152 Å². The van der Waals surface area contributed by atoms with Gasteiger partial charge in [-0.25, -0.2) is 4.99 Å². The van der Waals surface area contributed by atoms with E-state index in [2.05, 4.69) is 15.6 Å². The van der Waals surface area contributed by atoms with Crippen LogP contribution in [-0.2, 0) is 11.0 Å². The zero-order valence-corrected chi connectivity index (χ0v) is 15.7. The number of amides is 1. The van der Waals surface area contributed by atoms with Crippen LogP contribution in [0, 0.1) is 0 Å². The molecule has 0 aliphatic rings.